The number of nitrogens with two attached hydrogens (primary N) is 1. The third kappa shape index (κ3) is 2.13. The first-order valence-corrected chi connectivity index (χ1v) is 7.28. The molecule has 0 aromatic rings. The van der Waals surface area contributed by atoms with E-state index >= 15 is 0 Å². The Balaban J connectivity index is 1.70. The molecule has 2 atom stereocenters. The van der Waals surface area contributed by atoms with Gasteiger partial charge in [-0.2, -0.15) is 0 Å². The molecule has 1 heterocycles. The number of hydrazine groups is 1. The summed E-state index contributed by atoms with van der Waals surface area (Å²) in [6.45, 7) is 3.33. The van der Waals surface area contributed by atoms with Crippen molar-refractivity contribution < 1.29 is 4.74 Å². The van der Waals surface area contributed by atoms with Crippen LogP contribution in [0.5, 0.6) is 0 Å². The van der Waals surface area contributed by atoms with Gasteiger partial charge in [0.2, 0.25) is 0 Å². The molecular formula is C14H26N2O. The molecule has 1 aliphatic heterocycles. The van der Waals surface area contributed by atoms with Crippen LogP contribution in [0.1, 0.15) is 58.3 Å². The van der Waals surface area contributed by atoms with Gasteiger partial charge in [-0.1, -0.05) is 19.8 Å². The fraction of sp³-hybridized carbons (Fsp3) is 1.00. The van der Waals surface area contributed by atoms with Crippen molar-refractivity contribution in [2.75, 3.05) is 6.61 Å². The van der Waals surface area contributed by atoms with Gasteiger partial charge in [-0.25, -0.2) is 0 Å². The molecule has 2 aliphatic carbocycles. The summed E-state index contributed by atoms with van der Waals surface area (Å²) in [6, 6.07) is 0.504. The van der Waals surface area contributed by atoms with Crippen molar-refractivity contribution in [3.63, 3.8) is 0 Å². The van der Waals surface area contributed by atoms with Gasteiger partial charge < -0.3 is 4.74 Å². The summed E-state index contributed by atoms with van der Waals surface area (Å²) < 4.78 is 6.12. The molecule has 17 heavy (non-hydrogen) atoms. The van der Waals surface area contributed by atoms with Gasteiger partial charge >= 0.3 is 0 Å². The quantitative estimate of drug-likeness (QED) is 0.586. The Morgan fingerprint density at radius 1 is 1.24 bits per heavy atom. The summed E-state index contributed by atoms with van der Waals surface area (Å²) in [5.41, 5.74) is 3.82. The van der Waals surface area contributed by atoms with Crippen molar-refractivity contribution in [3.8, 4) is 0 Å². The third-order valence-corrected chi connectivity index (χ3v) is 5.49. The van der Waals surface area contributed by atoms with Gasteiger partial charge in [-0.15, -0.1) is 0 Å². The number of nitrogens with one attached hydrogen (secondary N) is 1. The molecule has 3 aliphatic rings. The largest absolute Gasteiger partial charge is 0.375 e. The SMILES string of the molecule is CC1(C(NN)C2CCOC3(CCCC3)C2)CC1. The molecule has 0 radical (unpaired) electrons. The summed E-state index contributed by atoms with van der Waals surface area (Å²) in [6.07, 6.45) is 10.4. The normalized spacial score (nSPS) is 36.0. The van der Waals surface area contributed by atoms with Gasteiger partial charge in [-0.3, -0.25) is 11.3 Å². The van der Waals surface area contributed by atoms with Crippen LogP contribution in [-0.4, -0.2) is 18.2 Å². The number of hydrogen-bond donors (Lipinski definition) is 2. The van der Waals surface area contributed by atoms with E-state index in [1.54, 1.807) is 0 Å². The van der Waals surface area contributed by atoms with Gasteiger partial charge in [0.25, 0.3) is 0 Å². The van der Waals surface area contributed by atoms with E-state index in [1.165, 1.54) is 51.4 Å². The summed E-state index contributed by atoms with van der Waals surface area (Å²) >= 11 is 0. The zero-order valence-corrected chi connectivity index (χ0v) is 11.0. The first kappa shape index (κ1) is 11.9. The average molecular weight is 238 g/mol. The topological polar surface area (TPSA) is 47.3 Å². The Morgan fingerprint density at radius 3 is 2.53 bits per heavy atom. The van der Waals surface area contributed by atoms with Crippen molar-refractivity contribution in [2.24, 2.45) is 17.2 Å². The maximum Gasteiger partial charge on any atom is 0.0685 e. The van der Waals surface area contributed by atoms with Gasteiger partial charge in [0.1, 0.15) is 0 Å². The van der Waals surface area contributed by atoms with Crippen LogP contribution in [0.3, 0.4) is 0 Å². The Kier molecular flexibility index (Phi) is 2.96. The Labute approximate surface area is 104 Å². The van der Waals surface area contributed by atoms with Crippen LogP contribution < -0.4 is 11.3 Å². The highest BCUT2D eigenvalue weighted by Gasteiger charge is 2.51. The second kappa shape index (κ2) is 4.22. The second-order valence-electron chi connectivity index (χ2n) is 6.79. The van der Waals surface area contributed by atoms with Gasteiger partial charge in [0.15, 0.2) is 0 Å². The van der Waals surface area contributed by atoms with Crippen molar-refractivity contribution >= 4 is 0 Å². The highest BCUT2D eigenvalue weighted by Crippen LogP contribution is 2.53. The van der Waals surface area contributed by atoms with Crippen LogP contribution in [0, 0.1) is 11.3 Å². The average Bonchev–Trinajstić information content (AvgIpc) is 2.89. The third-order valence-electron chi connectivity index (χ3n) is 5.49. The molecule has 3 fully saturated rings. The Morgan fingerprint density at radius 2 is 1.94 bits per heavy atom. The van der Waals surface area contributed by atoms with Crippen molar-refractivity contribution in [1.29, 1.82) is 0 Å². The van der Waals surface area contributed by atoms with E-state index in [-0.39, 0.29) is 5.60 Å². The molecule has 2 unspecified atom stereocenters. The maximum absolute atomic E-state index is 6.12. The number of rotatable bonds is 3. The van der Waals surface area contributed by atoms with Gasteiger partial charge in [0, 0.05) is 12.6 Å². The lowest BCUT2D eigenvalue weighted by Crippen LogP contribution is -2.51. The highest BCUT2D eigenvalue weighted by molar-refractivity contribution is 5.04. The minimum atomic E-state index is 0.225. The molecule has 3 nitrogen and oxygen atoms in total. The van der Waals surface area contributed by atoms with E-state index in [4.69, 9.17) is 10.6 Å². The van der Waals surface area contributed by atoms with E-state index in [0.29, 0.717) is 11.5 Å². The summed E-state index contributed by atoms with van der Waals surface area (Å²) in [5.74, 6) is 6.55. The molecule has 1 saturated heterocycles. The van der Waals surface area contributed by atoms with Crippen LogP contribution in [0.25, 0.3) is 0 Å². The lowest BCUT2D eigenvalue weighted by molar-refractivity contribution is -0.101. The predicted molar refractivity (Wildman–Crippen MR) is 68.3 cm³/mol. The molecule has 0 amide bonds. The van der Waals surface area contributed by atoms with Crippen molar-refractivity contribution in [3.05, 3.63) is 0 Å². The van der Waals surface area contributed by atoms with E-state index in [9.17, 15) is 0 Å². The predicted octanol–water partition coefficient (Wildman–Crippen LogP) is 2.36. The summed E-state index contributed by atoms with van der Waals surface area (Å²) in [4.78, 5) is 0. The fourth-order valence-corrected chi connectivity index (χ4v) is 4.13. The molecule has 1 spiro atoms. The lowest BCUT2D eigenvalue weighted by atomic mass is 9.76. The smallest absolute Gasteiger partial charge is 0.0685 e. The minimum absolute atomic E-state index is 0.225. The monoisotopic (exact) mass is 238 g/mol. The lowest BCUT2D eigenvalue weighted by Gasteiger charge is -2.43. The molecule has 3 heteroatoms. The van der Waals surface area contributed by atoms with Crippen LogP contribution in [-0.2, 0) is 4.74 Å². The summed E-state index contributed by atoms with van der Waals surface area (Å²) in [7, 11) is 0. The Bertz CT molecular complexity index is 282. The van der Waals surface area contributed by atoms with Crippen LogP contribution in [0.2, 0.25) is 0 Å². The highest BCUT2D eigenvalue weighted by atomic mass is 16.5. The second-order valence-corrected chi connectivity index (χ2v) is 6.79. The van der Waals surface area contributed by atoms with Crippen LogP contribution >= 0.6 is 0 Å². The van der Waals surface area contributed by atoms with Crippen LogP contribution in [0.15, 0.2) is 0 Å². The van der Waals surface area contributed by atoms with Crippen LogP contribution in [0.4, 0.5) is 0 Å². The molecule has 3 N–H and O–H groups in total. The Hall–Kier alpha value is -0.120. The van der Waals surface area contributed by atoms with Gasteiger partial charge in [0.05, 0.1) is 5.60 Å². The summed E-state index contributed by atoms with van der Waals surface area (Å²) in [5, 5.41) is 0. The molecule has 3 rings (SSSR count). The molecule has 0 aromatic heterocycles. The minimum Gasteiger partial charge on any atom is -0.375 e. The van der Waals surface area contributed by atoms with Crippen molar-refractivity contribution in [2.45, 2.75) is 69.9 Å². The molecular weight excluding hydrogens is 212 g/mol. The van der Waals surface area contributed by atoms with E-state index in [0.717, 1.165) is 12.5 Å². The number of hydrogen-bond acceptors (Lipinski definition) is 3. The first-order valence-electron chi connectivity index (χ1n) is 7.28. The molecule has 98 valence electrons. The zero-order valence-electron chi connectivity index (χ0n) is 11.0. The van der Waals surface area contributed by atoms with E-state index in [1.807, 2.05) is 0 Å². The number of ether oxygens (including phenoxy) is 1. The molecule has 0 aromatic carbocycles. The standard InChI is InChI=1S/C14H26N2O/c1-13(7-8-13)12(16-15)11-4-9-17-14(10-11)5-2-3-6-14/h11-12,16H,2-10,15H2,1H3. The van der Waals surface area contributed by atoms with Gasteiger partial charge in [-0.05, 0) is 49.9 Å². The maximum atomic E-state index is 6.12. The van der Waals surface area contributed by atoms with E-state index < -0.39 is 0 Å². The van der Waals surface area contributed by atoms with Crippen molar-refractivity contribution in [1.82, 2.24) is 5.43 Å². The molecule has 2 saturated carbocycles. The molecule has 0 bridgehead atoms. The fourth-order valence-electron chi connectivity index (χ4n) is 4.13. The zero-order chi connectivity index (χ0) is 11.9. The first-order chi connectivity index (χ1) is 8.18. The van der Waals surface area contributed by atoms with E-state index in [2.05, 4.69) is 12.3 Å².